The average Bonchev–Trinajstić information content (AvgIpc) is 2.73. The number of ether oxygens (including phenoxy) is 3. The van der Waals surface area contributed by atoms with Gasteiger partial charge in [-0.25, -0.2) is 4.79 Å². The SMILES string of the molecule is CCOc1ccccc1/C=C/C(=O)O[C@@H](C)C(=O)Nc1cc([N+](=O)[O-])ccc1OC. The molecule has 0 heterocycles. The van der Waals surface area contributed by atoms with E-state index in [0.29, 0.717) is 17.9 Å². The number of nitro groups is 1. The van der Waals surface area contributed by atoms with Gasteiger partial charge in [-0.15, -0.1) is 0 Å². The largest absolute Gasteiger partial charge is 0.495 e. The fourth-order valence-corrected chi connectivity index (χ4v) is 2.47. The zero-order valence-electron chi connectivity index (χ0n) is 16.8. The van der Waals surface area contributed by atoms with Crippen LogP contribution in [0, 0.1) is 10.1 Å². The number of carbonyl (C=O) groups is 2. The second-order valence-corrected chi connectivity index (χ2v) is 6.01. The minimum atomic E-state index is -1.15. The maximum absolute atomic E-state index is 12.4. The number of nitrogens with zero attached hydrogens (tertiary/aromatic N) is 1. The smallest absolute Gasteiger partial charge is 0.331 e. The van der Waals surface area contributed by atoms with Crippen molar-refractivity contribution in [2.24, 2.45) is 0 Å². The van der Waals surface area contributed by atoms with Crippen LogP contribution in [0.5, 0.6) is 11.5 Å². The van der Waals surface area contributed by atoms with Gasteiger partial charge in [0.1, 0.15) is 11.5 Å². The third kappa shape index (κ3) is 6.06. The van der Waals surface area contributed by atoms with E-state index in [2.05, 4.69) is 5.32 Å². The normalized spacial score (nSPS) is 11.6. The topological polar surface area (TPSA) is 117 Å². The number of rotatable bonds is 9. The molecule has 0 aliphatic heterocycles. The van der Waals surface area contributed by atoms with Crippen LogP contribution in [0.4, 0.5) is 11.4 Å². The number of nitro benzene ring substituents is 1. The summed E-state index contributed by atoms with van der Waals surface area (Å²) in [6.45, 7) is 3.72. The summed E-state index contributed by atoms with van der Waals surface area (Å²) in [5, 5.41) is 13.4. The molecule has 9 nitrogen and oxygen atoms in total. The van der Waals surface area contributed by atoms with Crippen molar-refractivity contribution < 1.29 is 28.7 Å². The predicted molar refractivity (Wildman–Crippen MR) is 110 cm³/mol. The summed E-state index contributed by atoms with van der Waals surface area (Å²) in [6.07, 6.45) is 1.57. The Morgan fingerprint density at radius 1 is 1.20 bits per heavy atom. The molecule has 2 aromatic rings. The molecule has 0 saturated carbocycles. The molecule has 0 bridgehead atoms. The van der Waals surface area contributed by atoms with Gasteiger partial charge in [0.2, 0.25) is 0 Å². The molecule has 0 spiro atoms. The number of nitrogens with one attached hydrogen (secondary N) is 1. The molecule has 0 unspecified atom stereocenters. The van der Waals surface area contributed by atoms with Gasteiger partial charge in [0.25, 0.3) is 11.6 Å². The summed E-state index contributed by atoms with van der Waals surface area (Å²) in [6, 6.07) is 10.9. The Kier molecular flexibility index (Phi) is 7.92. The number of anilines is 1. The van der Waals surface area contributed by atoms with E-state index >= 15 is 0 Å². The molecule has 1 atom stereocenters. The van der Waals surface area contributed by atoms with Crippen molar-refractivity contribution >= 4 is 29.3 Å². The molecule has 0 aliphatic rings. The first-order valence-electron chi connectivity index (χ1n) is 9.09. The predicted octanol–water partition coefficient (Wildman–Crippen LogP) is 3.59. The molecule has 2 rings (SSSR count). The molecule has 0 radical (unpaired) electrons. The van der Waals surface area contributed by atoms with Crippen LogP contribution in [0.15, 0.2) is 48.5 Å². The number of hydrogen-bond donors (Lipinski definition) is 1. The molecule has 158 valence electrons. The zero-order valence-corrected chi connectivity index (χ0v) is 16.8. The summed E-state index contributed by atoms with van der Waals surface area (Å²) in [7, 11) is 1.37. The standard InChI is InChI=1S/C21H22N2O7/c1-4-29-18-8-6-5-7-15(18)9-12-20(24)30-14(2)21(25)22-17-13-16(23(26)27)10-11-19(17)28-3/h5-14H,4H2,1-3H3,(H,22,25)/b12-9+/t14-/m0/s1. The van der Waals surface area contributed by atoms with Gasteiger partial charge in [-0.2, -0.15) is 0 Å². The van der Waals surface area contributed by atoms with E-state index in [0.717, 1.165) is 6.07 Å². The maximum Gasteiger partial charge on any atom is 0.331 e. The number of carbonyl (C=O) groups excluding carboxylic acids is 2. The lowest BCUT2D eigenvalue weighted by atomic mass is 10.2. The van der Waals surface area contributed by atoms with Gasteiger partial charge in [0.15, 0.2) is 6.10 Å². The minimum Gasteiger partial charge on any atom is -0.495 e. The fraction of sp³-hybridized carbons (Fsp3) is 0.238. The third-order valence-corrected chi connectivity index (χ3v) is 3.93. The Morgan fingerprint density at radius 3 is 2.60 bits per heavy atom. The molecule has 0 fully saturated rings. The van der Waals surface area contributed by atoms with Crippen molar-refractivity contribution in [3.63, 3.8) is 0 Å². The van der Waals surface area contributed by atoms with E-state index < -0.39 is 22.9 Å². The fourth-order valence-electron chi connectivity index (χ4n) is 2.47. The molecule has 0 aromatic heterocycles. The Bertz CT molecular complexity index is 956. The van der Waals surface area contributed by atoms with E-state index in [1.54, 1.807) is 18.2 Å². The van der Waals surface area contributed by atoms with E-state index in [4.69, 9.17) is 14.2 Å². The Balaban J connectivity index is 2.03. The van der Waals surface area contributed by atoms with Crippen molar-refractivity contribution in [2.75, 3.05) is 19.0 Å². The number of esters is 1. The van der Waals surface area contributed by atoms with Crippen molar-refractivity contribution in [3.8, 4) is 11.5 Å². The van der Waals surface area contributed by atoms with E-state index in [9.17, 15) is 19.7 Å². The molecule has 1 N–H and O–H groups in total. The number of para-hydroxylation sites is 1. The summed E-state index contributed by atoms with van der Waals surface area (Å²) in [5.41, 5.74) is 0.571. The lowest BCUT2D eigenvalue weighted by molar-refractivity contribution is -0.384. The number of methoxy groups -OCH3 is 1. The van der Waals surface area contributed by atoms with Crippen molar-refractivity contribution in [2.45, 2.75) is 20.0 Å². The van der Waals surface area contributed by atoms with Gasteiger partial charge in [-0.05, 0) is 32.1 Å². The second kappa shape index (κ2) is 10.6. The van der Waals surface area contributed by atoms with Crippen LogP contribution < -0.4 is 14.8 Å². The maximum atomic E-state index is 12.4. The van der Waals surface area contributed by atoms with Crippen LogP contribution in [0.2, 0.25) is 0 Å². The van der Waals surface area contributed by atoms with Gasteiger partial charge in [0.05, 0.1) is 24.3 Å². The van der Waals surface area contributed by atoms with Crippen LogP contribution in [0.1, 0.15) is 19.4 Å². The third-order valence-electron chi connectivity index (χ3n) is 3.93. The summed E-state index contributed by atoms with van der Waals surface area (Å²) < 4.78 is 15.7. The van der Waals surface area contributed by atoms with Gasteiger partial charge in [-0.1, -0.05) is 18.2 Å². The summed E-state index contributed by atoms with van der Waals surface area (Å²) in [5.74, 6) is -0.535. The second-order valence-electron chi connectivity index (χ2n) is 6.01. The Labute approximate surface area is 173 Å². The van der Waals surface area contributed by atoms with Crippen LogP contribution in [0.25, 0.3) is 6.08 Å². The van der Waals surface area contributed by atoms with E-state index in [-0.39, 0.29) is 17.1 Å². The van der Waals surface area contributed by atoms with Gasteiger partial charge in [-0.3, -0.25) is 14.9 Å². The molecule has 30 heavy (non-hydrogen) atoms. The molecule has 1 amide bonds. The first-order chi connectivity index (χ1) is 14.3. The highest BCUT2D eigenvalue weighted by Gasteiger charge is 2.20. The highest BCUT2D eigenvalue weighted by Crippen LogP contribution is 2.29. The number of non-ortho nitro benzene ring substituents is 1. The van der Waals surface area contributed by atoms with Gasteiger partial charge >= 0.3 is 5.97 Å². The first-order valence-corrected chi connectivity index (χ1v) is 9.09. The van der Waals surface area contributed by atoms with Crippen LogP contribution in [-0.2, 0) is 14.3 Å². The molecule has 0 saturated heterocycles. The number of hydrogen-bond acceptors (Lipinski definition) is 7. The molecule has 0 aliphatic carbocycles. The minimum absolute atomic E-state index is 0.0979. The van der Waals surface area contributed by atoms with Crippen molar-refractivity contribution in [1.82, 2.24) is 0 Å². The lowest BCUT2D eigenvalue weighted by Crippen LogP contribution is -2.29. The number of amides is 1. The summed E-state index contributed by atoms with van der Waals surface area (Å²) >= 11 is 0. The monoisotopic (exact) mass is 414 g/mol. The van der Waals surface area contributed by atoms with Crippen LogP contribution in [0.3, 0.4) is 0 Å². The number of benzene rings is 2. The first kappa shape index (κ1) is 22.4. The average molecular weight is 414 g/mol. The highest BCUT2D eigenvalue weighted by atomic mass is 16.6. The van der Waals surface area contributed by atoms with Crippen molar-refractivity contribution in [3.05, 3.63) is 64.2 Å². The van der Waals surface area contributed by atoms with Crippen LogP contribution in [-0.4, -0.2) is 36.6 Å². The Hall–Kier alpha value is -3.88. The zero-order chi connectivity index (χ0) is 22.1. The van der Waals surface area contributed by atoms with Crippen LogP contribution >= 0.6 is 0 Å². The molecule has 9 heteroatoms. The Morgan fingerprint density at radius 2 is 1.93 bits per heavy atom. The highest BCUT2D eigenvalue weighted by molar-refractivity contribution is 5.98. The van der Waals surface area contributed by atoms with Gasteiger partial charge < -0.3 is 19.5 Å². The van der Waals surface area contributed by atoms with Crippen molar-refractivity contribution in [1.29, 1.82) is 0 Å². The van der Waals surface area contributed by atoms with E-state index in [1.807, 2.05) is 13.0 Å². The van der Waals surface area contributed by atoms with E-state index in [1.165, 1.54) is 38.3 Å². The molecule has 2 aromatic carbocycles. The molecular weight excluding hydrogens is 392 g/mol. The lowest BCUT2D eigenvalue weighted by Gasteiger charge is -2.14. The van der Waals surface area contributed by atoms with Gasteiger partial charge in [0, 0.05) is 23.8 Å². The molecular formula is C21H22N2O7. The summed E-state index contributed by atoms with van der Waals surface area (Å²) in [4.78, 5) is 34.8. The quantitative estimate of drug-likeness (QED) is 0.288.